The summed E-state index contributed by atoms with van der Waals surface area (Å²) in [5, 5.41) is 0.0645. The van der Waals surface area contributed by atoms with Crippen molar-refractivity contribution >= 4 is 22.8 Å². The molecular weight excluding hydrogens is 493 g/mol. The van der Waals surface area contributed by atoms with Gasteiger partial charge in [-0.25, -0.2) is 4.79 Å². The van der Waals surface area contributed by atoms with Crippen LogP contribution in [0.4, 0.5) is 13.2 Å². The molecule has 0 amide bonds. The minimum absolute atomic E-state index is 0.0645. The summed E-state index contributed by atoms with van der Waals surface area (Å²) in [7, 11) is 0.842. The third-order valence-electron chi connectivity index (χ3n) is 6.30. The number of alkyl halides is 3. The fourth-order valence-electron chi connectivity index (χ4n) is 4.55. The van der Waals surface area contributed by atoms with E-state index in [2.05, 4.69) is 0 Å². The molecule has 1 saturated carbocycles. The molecule has 0 saturated heterocycles. The number of hydrogen-bond donors (Lipinski definition) is 0. The number of methoxy groups -OCH3 is 1. The first-order valence-corrected chi connectivity index (χ1v) is 13.3. The van der Waals surface area contributed by atoms with Crippen molar-refractivity contribution in [2.24, 2.45) is 5.92 Å². The molecule has 1 aromatic rings. The number of hydrogen-bond acceptors (Lipinski definition) is 6. The minimum Gasteiger partial charge on any atom is -0.463 e. The zero-order valence-electron chi connectivity index (χ0n) is 21.9. The molecule has 204 valence electrons. The second kappa shape index (κ2) is 13.3. The fraction of sp³-hybridized carbons (Fsp3) is 0.704. The van der Waals surface area contributed by atoms with Crippen LogP contribution in [0.3, 0.4) is 0 Å². The number of ether oxygens (including phenoxy) is 3. The molecule has 0 aromatic heterocycles. The van der Waals surface area contributed by atoms with Crippen LogP contribution in [0.2, 0.25) is 0 Å². The summed E-state index contributed by atoms with van der Waals surface area (Å²) in [5.74, 6) is -1.26. The van der Waals surface area contributed by atoms with Gasteiger partial charge in [0.05, 0.1) is 18.8 Å². The molecule has 1 aliphatic carbocycles. The summed E-state index contributed by atoms with van der Waals surface area (Å²) in [6, 6.07) is 6.74. The van der Waals surface area contributed by atoms with Crippen molar-refractivity contribution in [2.75, 3.05) is 13.7 Å². The monoisotopic (exact) mass is 532 g/mol. The van der Waals surface area contributed by atoms with Crippen molar-refractivity contribution in [1.82, 2.24) is 0 Å². The van der Waals surface area contributed by atoms with Gasteiger partial charge in [-0.2, -0.15) is 13.2 Å². The molecule has 36 heavy (non-hydrogen) atoms. The maximum Gasteiger partial charge on any atom is 0.432 e. The molecular formula is C27H39F3O5S. The van der Waals surface area contributed by atoms with E-state index in [0.717, 1.165) is 32.8 Å². The third-order valence-corrected chi connectivity index (χ3v) is 7.31. The normalized spacial score (nSPS) is 18.8. The number of carbonyl (C=O) groups is 2. The van der Waals surface area contributed by atoms with Gasteiger partial charge in [-0.3, -0.25) is 4.79 Å². The van der Waals surface area contributed by atoms with Crippen LogP contribution in [0, 0.1) is 5.92 Å². The number of rotatable bonds is 11. The predicted octanol–water partition coefficient (Wildman–Crippen LogP) is 6.83. The molecule has 0 unspecified atom stereocenters. The van der Waals surface area contributed by atoms with Crippen LogP contribution >= 0.6 is 11.8 Å². The van der Waals surface area contributed by atoms with Crippen LogP contribution in [0.1, 0.15) is 78.2 Å². The van der Waals surface area contributed by atoms with Crippen molar-refractivity contribution < 1.29 is 37.0 Å². The lowest BCUT2D eigenvalue weighted by molar-refractivity contribution is -0.276. The summed E-state index contributed by atoms with van der Waals surface area (Å²) in [4.78, 5) is 25.4. The Morgan fingerprint density at radius 3 is 2.19 bits per heavy atom. The Balaban J connectivity index is 2.02. The van der Waals surface area contributed by atoms with Crippen LogP contribution in [-0.4, -0.2) is 47.9 Å². The summed E-state index contributed by atoms with van der Waals surface area (Å²) in [5.41, 5.74) is -3.55. The van der Waals surface area contributed by atoms with Gasteiger partial charge in [0.1, 0.15) is 0 Å². The molecule has 0 bridgehead atoms. The molecule has 0 spiro atoms. The average Bonchev–Trinajstić information content (AvgIpc) is 2.78. The summed E-state index contributed by atoms with van der Waals surface area (Å²) in [6.07, 6.45) is 0.111. The van der Waals surface area contributed by atoms with E-state index in [9.17, 15) is 22.8 Å². The lowest BCUT2D eigenvalue weighted by Crippen LogP contribution is -2.51. The van der Waals surface area contributed by atoms with Gasteiger partial charge >= 0.3 is 12.1 Å². The summed E-state index contributed by atoms with van der Waals surface area (Å²) < 4.78 is 58.0. The standard InChI is InChI=1S/C27H39F3O5S/c1-19(35-22(20-12-8-6-9-13-20)18-23(31)36-25(2,3)4)16-17-34-24(32)26(33-5,27(28,29)30)21-14-10-7-11-15-21/h7,10-11,14-15,19-20,22H,6,8-9,12-13,16-18H2,1-5H3/t19-,22-,26+/m1/s1. The molecule has 1 fully saturated rings. The smallest absolute Gasteiger partial charge is 0.432 e. The van der Waals surface area contributed by atoms with Gasteiger partial charge < -0.3 is 14.2 Å². The Hall–Kier alpha value is -1.58. The molecule has 5 nitrogen and oxygen atoms in total. The van der Waals surface area contributed by atoms with Crippen molar-refractivity contribution in [1.29, 1.82) is 0 Å². The van der Waals surface area contributed by atoms with Crippen molar-refractivity contribution in [3.63, 3.8) is 0 Å². The Morgan fingerprint density at radius 1 is 1.06 bits per heavy atom. The molecule has 0 N–H and O–H groups in total. The molecule has 0 aliphatic heterocycles. The fourth-order valence-corrected chi connectivity index (χ4v) is 5.48. The van der Waals surface area contributed by atoms with Crippen LogP contribution in [0.15, 0.2) is 30.3 Å². The second-order valence-corrected chi connectivity index (χ2v) is 12.2. The Labute approximate surface area is 216 Å². The van der Waals surface area contributed by atoms with Gasteiger partial charge in [0, 0.05) is 30.3 Å². The topological polar surface area (TPSA) is 61.8 Å². The lowest BCUT2D eigenvalue weighted by Gasteiger charge is -2.33. The summed E-state index contributed by atoms with van der Waals surface area (Å²) >= 11 is 1.29. The molecule has 0 heterocycles. The first kappa shape index (κ1) is 30.6. The zero-order chi connectivity index (χ0) is 27.0. The average molecular weight is 533 g/mol. The number of benzene rings is 1. The Bertz CT molecular complexity index is 834. The van der Waals surface area contributed by atoms with Gasteiger partial charge in [0.15, 0.2) is 5.12 Å². The van der Waals surface area contributed by atoms with E-state index < -0.39 is 23.9 Å². The highest BCUT2D eigenvalue weighted by atomic mass is 32.2. The SMILES string of the molecule is CO[C@](C(=O)OCC[C@@H](C)O[C@H](CC(=O)SC(C)(C)C)C1CCCCC1)(c1ccccc1)C(F)(F)F. The van der Waals surface area contributed by atoms with E-state index in [1.165, 1.54) is 42.4 Å². The van der Waals surface area contributed by atoms with Crippen LogP contribution < -0.4 is 0 Å². The zero-order valence-corrected chi connectivity index (χ0v) is 22.7. The molecule has 9 heteroatoms. The Morgan fingerprint density at radius 2 is 1.67 bits per heavy atom. The maximum absolute atomic E-state index is 14.0. The van der Waals surface area contributed by atoms with E-state index in [4.69, 9.17) is 14.2 Å². The van der Waals surface area contributed by atoms with Gasteiger partial charge in [0.25, 0.3) is 5.60 Å². The van der Waals surface area contributed by atoms with Gasteiger partial charge in [-0.15, -0.1) is 0 Å². The molecule has 2 rings (SSSR count). The van der Waals surface area contributed by atoms with Crippen LogP contribution in [0.25, 0.3) is 0 Å². The van der Waals surface area contributed by atoms with Crippen LogP contribution in [0.5, 0.6) is 0 Å². The summed E-state index contributed by atoms with van der Waals surface area (Å²) in [6.45, 7) is 7.48. The largest absolute Gasteiger partial charge is 0.463 e. The van der Waals surface area contributed by atoms with Crippen LogP contribution in [-0.2, 0) is 29.4 Å². The highest BCUT2D eigenvalue weighted by Gasteiger charge is 2.64. The minimum atomic E-state index is -5.01. The van der Waals surface area contributed by atoms with Crippen molar-refractivity contribution in [3.8, 4) is 0 Å². The van der Waals surface area contributed by atoms with E-state index in [-0.39, 0.29) is 46.9 Å². The molecule has 0 radical (unpaired) electrons. The second-order valence-electron chi connectivity index (χ2n) is 10.3. The molecule has 1 aliphatic rings. The molecule has 3 atom stereocenters. The first-order valence-electron chi connectivity index (χ1n) is 12.5. The number of esters is 1. The van der Waals surface area contributed by atoms with Gasteiger partial charge in [0.2, 0.25) is 0 Å². The van der Waals surface area contributed by atoms with Crippen molar-refractivity contribution in [3.05, 3.63) is 35.9 Å². The molecule has 1 aromatic carbocycles. The maximum atomic E-state index is 14.0. The number of thioether (sulfide) groups is 1. The highest BCUT2D eigenvalue weighted by molar-refractivity contribution is 8.14. The van der Waals surface area contributed by atoms with E-state index in [1.807, 2.05) is 20.8 Å². The van der Waals surface area contributed by atoms with Gasteiger partial charge in [-0.05, 0) is 25.7 Å². The van der Waals surface area contributed by atoms with E-state index in [1.54, 1.807) is 13.0 Å². The predicted molar refractivity (Wildman–Crippen MR) is 135 cm³/mol. The first-order chi connectivity index (χ1) is 16.8. The number of carbonyl (C=O) groups excluding carboxylic acids is 2. The highest BCUT2D eigenvalue weighted by Crippen LogP contribution is 2.43. The Kier molecular flexibility index (Phi) is 11.3. The van der Waals surface area contributed by atoms with E-state index in [0.29, 0.717) is 0 Å². The van der Waals surface area contributed by atoms with Crippen molar-refractivity contribution in [2.45, 2.75) is 101 Å². The lowest BCUT2D eigenvalue weighted by atomic mass is 9.84. The number of halogens is 3. The van der Waals surface area contributed by atoms with Gasteiger partial charge in [-0.1, -0.05) is 82.1 Å². The van der Waals surface area contributed by atoms with E-state index >= 15 is 0 Å². The third kappa shape index (κ3) is 8.48. The quantitative estimate of drug-likeness (QED) is 0.291.